The molecule has 0 bridgehead atoms. The van der Waals surface area contributed by atoms with Crippen molar-refractivity contribution in [3.63, 3.8) is 0 Å². The molecule has 1 atom stereocenters. The predicted octanol–water partition coefficient (Wildman–Crippen LogP) is 1.54. The number of nitrogens with zero attached hydrogens (tertiary/aromatic N) is 1. The van der Waals surface area contributed by atoms with Gasteiger partial charge >= 0.3 is 0 Å². The van der Waals surface area contributed by atoms with Crippen LogP contribution in [0.4, 0.5) is 0 Å². The Morgan fingerprint density at radius 2 is 2.50 bits per heavy atom. The van der Waals surface area contributed by atoms with Crippen molar-refractivity contribution in [1.29, 1.82) is 0 Å². The van der Waals surface area contributed by atoms with Gasteiger partial charge in [-0.25, -0.2) is 0 Å². The maximum Gasteiger partial charge on any atom is 0.235 e. The molecule has 0 amide bonds. The molecule has 0 aromatic heterocycles. The quantitative estimate of drug-likeness (QED) is 0.408. The lowest BCUT2D eigenvalue weighted by molar-refractivity contribution is -0.508. The van der Waals surface area contributed by atoms with Crippen molar-refractivity contribution in [1.82, 2.24) is 0 Å². The number of hydrogen-bond donors (Lipinski definition) is 0. The second-order valence-corrected chi connectivity index (χ2v) is 2.45. The van der Waals surface area contributed by atoms with Gasteiger partial charge in [-0.3, -0.25) is 10.1 Å². The second kappa shape index (κ2) is 2.64. The summed E-state index contributed by atoms with van der Waals surface area (Å²) in [5.74, 6) is 0. The smallest absolute Gasteiger partial charge is 0.235 e. The first kappa shape index (κ1) is 6.99. The van der Waals surface area contributed by atoms with Gasteiger partial charge < -0.3 is 0 Å². The molecule has 0 aromatic rings. The van der Waals surface area contributed by atoms with E-state index in [9.17, 15) is 10.1 Å². The highest BCUT2D eigenvalue weighted by Gasteiger charge is 2.17. The molecule has 54 valence electrons. The zero-order valence-corrected chi connectivity index (χ0v) is 5.78. The minimum Gasteiger partial charge on any atom is -0.264 e. The van der Waals surface area contributed by atoms with Crippen molar-refractivity contribution in [3.05, 3.63) is 33.9 Å². The van der Waals surface area contributed by atoms with Gasteiger partial charge in [0.2, 0.25) is 6.04 Å². The highest BCUT2D eigenvalue weighted by atomic mass is 16.6. The van der Waals surface area contributed by atoms with Crippen molar-refractivity contribution < 1.29 is 4.92 Å². The van der Waals surface area contributed by atoms with Gasteiger partial charge in [-0.1, -0.05) is 17.7 Å². The zero-order chi connectivity index (χ0) is 7.56. The molecule has 3 nitrogen and oxygen atoms in total. The molecule has 0 aromatic carbocycles. The van der Waals surface area contributed by atoms with E-state index in [4.69, 9.17) is 0 Å². The monoisotopic (exact) mass is 139 g/mol. The van der Waals surface area contributed by atoms with Crippen LogP contribution in [0, 0.1) is 10.1 Å². The van der Waals surface area contributed by atoms with Crippen molar-refractivity contribution in [2.75, 3.05) is 0 Å². The van der Waals surface area contributed by atoms with Gasteiger partial charge in [0.25, 0.3) is 0 Å². The van der Waals surface area contributed by atoms with Crippen molar-refractivity contribution in [2.45, 2.75) is 19.4 Å². The summed E-state index contributed by atoms with van der Waals surface area (Å²) < 4.78 is 0. The minimum atomic E-state index is -0.495. The molecule has 0 fully saturated rings. The SMILES string of the molecule is CC1=CC=CC([N+](=O)[O-])C1. The molecule has 0 radical (unpaired) electrons. The van der Waals surface area contributed by atoms with Crippen LogP contribution in [0.3, 0.4) is 0 Å². The van der Waals surface area contributed by atoms with Crippen molar-refractivity contribution in [2.24, 2.45) is 0 Å². The normalized spacial score (nSPS) is 24.1. The Balaban J connectivity index is 2.64. The fourth-order valence-corrected chi connectivity index (χ4v) is 0.959. The predicted molar refractivity (Wildman–Crippen MR) is 38.3 cm³/mol. The Morgan fingerprint density at radius 3 is 2.90 bits per heavy atom. The summed E-state index contributed by atoms with van der Waals surface area (Å²) in [7, 11) is 0. The van der Waals surface area contributed by atoms with Crippen LogP contribution in [0.2, 0.25) is 0 Å². The van der Waals surface area contributed by atoms with Gasteiger partial charge in [0.05, 0.1) is 0 Å². The van der Waals surface area contributed by atoms with Crippen molar-refractivity contribution in [3.8, 4) is 0 Å². The standard InChI is InChI=1S/C7H9NO2/c1-6-3-2-4-7(5-6)8(9)10/h2-4,7H,5H2,1H3. The Bertz CT molecular complexity index is 206. The van der Waals surface area contributed by atoms with Crippen LogP contribution in [0.15, 0.2) is 23.8 Å². The second-order valence-electron chi connectivity index (χ2n) is 2.45. The molecule has 1 unspecified atom stereocenters. The Labute approximate surface area is 59.2 Å². The Kier molecular flexibility index (Phi) is 1.85. The third-order valence-corrected chi connectivity index (χ3v) is 1.52. The molecule has 0 heterocycles. The van der Waals surface area contributed by atoms with E-state index >= 15 is 0 Å². The lowest BCUT2D eigenvalue weighted by atomic mass is 10.0. The summed E-state index contributed by atoms with van der Waals surface area (Å²) in [6.45, 7) is 1.90. The van der Waals surface area contributed by atoms with Gasteiger partial charge in [-0.05, 0) is 13.0 Å². The molecule has 1 aliphatic carbocycles. The molecular weight excluding hydrogens is 130 g/mol. The van der Waals surface area contributed by atoms with E-state index < -0.39 is 6.04 Å². The fraction of sp³-hybridized carbons (Fsp3) is 0.429. The minimum absolute atomic E-state index is 0.257. The molecule has 0 spiro atoms. The van der Waals surface area contributed by atoms with Crippen molar-refractivity contribution >= 4 is 0 Å². The first-order valence-electron chi connectivity index (χ1n) is 3.17. The Morgan fingerprint density at radius 1 is 1.80 bits per heavy atom. The summed E-state index contributed by atoms with van der Waals surface area (Å²) in [4.78, 5) is 9.97. The zero-order valence-electron chi connectivity index (χ0n) is 5.78. The van der Waals surface area contributed by atoms with Crippen LogP contribution < -0.4 is 0 Å². The average Bonchev–Trinajstić information content (AvgIpc) is 1.88. The maximum atomic E-state index is 10.2. The van der Waals surface area contributed by atoms with Crippen LogP contribution in [0.25, 0.3) is 0 Å². The van der Waals surface area contributed by atoms with Crippen LogP contribution in [-0.4, -0.2) is 11.0 Å². The number of hydrogen-bond acceptors (Lipinski definition) is 2. The molecular formula is C7H9NO2. The van der Waals surface area contributed by atoms with E-state index in [1.807, 2.05) is 13.0 Å². The molecule has 10 heavy (non-hydrogen) atoms. The summed E-state index contributed by atoms with van der Waals surface area (Å²) >= 11 is 0. The third-order valence-electron chi connectivity index (χ3n) is 1.52. The summed E-state index contributed by atoms with van der Waals surface area (Å²) in [5.41, 5.74) is 1.07. The lowest BCUT2D eigenvalue weighted by Gasteiger charge is -2.07. The van der Waals surface area contributed by atoms with Crippen LogP contribution in [0.5, 0.6) is 0 Å². The van der Waals surface area contributed by atoms with Gasteiger partial charge in [-0.2, -0.15) is 0 Å². The summed E-state index contributed by atoms with van der Waals surface area (Å²) in [6, 6.07) is -0.495. The van der Waals surface area contributed by atoms with E-state index in [0.717, 1.165) is 5.57 Å². The fourth-order valence-electron chi connectivity index (χ4n) is 0.959. The molecule has 0 saturated carbocycles. The van der Waals surface area contributed by atoms with Gasteiger partial charge in [0.1, 0.15) is 0 Å². The highest BCUT2D eigenvalue weighted by molar-refractivity contribution is 5.18. The first-order valence-corrected chi connectivity index (χ1v) is 3.17. The van der Waals surface area contributed by atoms with Gasteiger partial charge in [0, 0.05) is 11.3 Å². The molecule has 1 rings (SSSR count). The van der Waals surface area contributed by atoms with E-state index in [2.05, 4.69) is 0 Å². The molecule has 0 saturated heterocycles. The number of allylic oxidation sites excluding steroid dienone is 2. The van der Waals surface area contributed by atoms with E-state index in [1.54, 1.807) is 12.2 Å². The van der Waals surface area contributed by atoms with Crippen LogP contribution >= 0.6 is 0 Å². The van der Waals surface area contributed by atoms with Crippen LogP contribution in [0.1, 0.15) is 13.3 Å². The molecule has 1 aliphatic rings. The highest BCUT2D eigenvalue weighted by Crippen LogP contribution is 2.13. The Hall–Kier alpha value is -1.12. The van der Waals surface area contributed by atoms with Gasteiger partial charge in [-0.15, -0.1) is 0 Å². The average molecular weight is 139 g/mol. The largest absolute Gasteiger partial charge is 0.264 e. The van der Waals surface area contributed by atoms with E-state index in [0.29, 0.717) is 6.42 Å². The van der Waals surface area contributed by atoms with Gasteiger partial charge in [0.15, 0.2) is 0 Å². The molecule has 0 N–H and O–H groups in total. The summed E-state index contributed by atoms with van der Waals surface area (Å²) in [5, 5.41) is 10.2. The maximum absolute atomic E-state index is 10.2. The van der Waals surface area contributed by atoms with Crippen LogP contribution in [-0.2, 0) is 0 Å². The summed E-state index contributed by atoms with van der Waals surface area (Å²) in [6.07, 6.45) is 5.82. The third kappa shape index (κ3) is 1.43. The topological polar surface area (TPSA) is 43.1 Å². The number of rotatable bonds is 1. The number of nitro groups is 1. The molecule has 3 heteroatoms. The lowest BCUT2D eigenvalue weighted by Crippen LogP contribution is -2.18. The first-order chi connectivity index (χ1) is 4.70. The van der Waals surface area contributed by atoms with E-state index in [1.165, 1.54) is 0 Å². The van der Waals surface area contributed by atoms with E-state index in [-0.39, 0.29) is 4.92 Å². The molecule has 0 aliphatic heterocycles.